The van der Waals surface area contributed by atoms with Gasteiger partial charge in [0.2, 0.25) is 0 Å². The molecule has 1 aliphatic rings. The Morgan fingerprint density at radius 2 is 1.65 bits per heavy atom. The Hall–Kier alpha value is -3.18. The first-order valence-electron chi connectivity index (χ1n) is 11.8. The van der Waals surface area contributed by atoms with Crippen LogP contribution in [0.3, 0.4) is 0 Å². The van der Waals surface area contributed by atoms with Crippen molar-refractivity contribution in [1.82, 2.24) is 0 Å². The lowest BCUT2D eigenvalue weighted by Gasteiger charge is -2.32. The minimum atomic E-state index is -0.817. The number of aliphatic hydroxyl groups is 1. The van der Waals surface area contributed by atoms with Gasteiger partial charge in [0.15, 0.2) is 0 Å². The summed E-state index contributed by atoms with van der Waals surface area (Å²) in [5, 5.41) is 13.3. The molecule has 0 radical (unpaired) electrons. The molecule has 0 bridgehead atoms. The molecule has 1 saturated heterocycles. The minimum Gasteiger partial charge on any atom is -0.489 e. The summed E-state index contributed by atoms with van der Waals surface area (Å²) in [4.78, 5) is 0. The summed E-state index contributed by atoms with van der Waals surface area (Å²) in [6.07, 6.45) is 1.24. The lowest BCUT2D eigenvalue weighted by Crippen LogP contribution is -2.33. The molecular weight excluding hydrogens is 424 g/mol. The van der Waals surface area contributed by atoms with Crippen molar-refractivity contribution in [2.24, 2.45) is 0 Å². The van der Waals surface area contributed by atoms with Crippen LogP contribution in [0.25, 0.3) is 21.9 Å². The van der Waals surface area contributed by atoms with Gasteiger partial charge in [-0.3, -0.25) is 0 Å². The Morgan fingerprint density at radius 3 is 2.44 bits per heavy atom. The summed E-state index contributed by atoms with van der Waals surface area (Å²) in [6, 6.07) is 29.1. The monoisotopic (exact) mass is 454 g/mol. The second-order valence-electron chi connectivity index (χ2n) is 8.96. The molecule has 0 atom stereocenters. The minimum absolute atomic E-state index is 0.440. The van der Waals surface area contributed by atoms with Crippen LogP contribution in [0.4, 0.5) is 0 Å². The number of methoxy groups -OCH3 is 1. The van der Waals surface area contributed by atoms with Crippen LogP contribution >= 0.6 is 0 Å². The molecule has 4 aromatic carbocycles. The normalized spacial score (nSPS) is 15.4. The lowest BCUT2D eigenvalue weighted by molar-refractivity contribution is -0.0679. The lowest BCUT2D eigenvalue weighted by atomic mass is 9.86. The third kappa shape index (κ3) is 4.85. The van der Waals surface area contributed by atoms with E-state index in [9.17, 15) is 5.11 Å². The van der Waals surface area contributed by atoms with Crippen molar-refractivity contribution in [2.45, 2.75) is 31.7 Å². The highest BCUT2D eigenvalue weighted by molar-refractivity contribution is 5.98. The molecule has 174 valence electrons. The van der Waals surface area contributed by atoms with E-state index in [1.54, 1.807) is 7.11 Å². The largest absolute Gasteiger partial charge is 0.489 e. The Labute approximate surface area is 200 Å². The first-order valence-corrected chi connectivity index (χ1v) is 11.8. The van der Waals surface area contributed by atoms with E-state index >= 15 is 0 Å². The highest BCUT2D eigenvalue weighted by Crippen LogP contribution is 2.34. The Morgan fingerprint density at radius 1 is 0.824 bits per heavy atom. The zero-order valence-electron chi connectivity index (χ0n) is 19.5. The second kappa shape index (κ2) is 9.98. The molecule has 4 nitrogen and oxygen atoms in total. The molecule has 0 aliphatic carbocycles. The van der Waals surface area contributed by atoms with Gasteiger partial charge >= 0.3 is 0 Å². The molecule has 4 aromatic rings. The molecule has 0 unspecified atom stereocenters. The van der Waals surface area contributed by atoms with Gasteiger partial charge in [-0.15, -0.1) is 0 Å². The molecule has 5 rings (SSSR count). The van der Waals surface area contributed by atoms with Crippen LogP contribution in [-0.2, 0) is 28.3 Å². The maximum absolute atomic E-state index is 11.0. The summed E-state index contributed by atoms with van der Waals surface area (Å²) in [5.41, 5.74) is 4.66. The third-order valence-electron chi connectivity index (χ3n) is 6.57. The number of benzene rings is 4. The number of fused-ring (bicyclic) bond motifs is 1. The van der Waals surface area contributed by atoms with Gasteiger partial charge in [0, 0.05) is 33.2 Å². The predicted octanol–water partition coefficient (Wildman–Crippen LogP) is 6.23. The van der Waals surface area contributed by atoms with Crippen molar-refractivity contribution in [3.8, 4) is 16.9 Å². The molecule has 0 aromatic heterocycles. The number of hydrogen-bond donors (Lipinski definition) is 1. The van der Waals surface area contributed by atoms with E-state index in [1.165, 1.54) is 16.5 Å². The highest BCUT2D eigenvalue weighted by atomic mass is 16.5. The van der Waals surface area contributed by atoms with Crippen LogP contribution in [0.15, 0.2) is 84.9 Å². The van der Waals surface area contributed by atoms with Gasteiger partial charge in [-0.25, -0.2) is 0 Å². The van der Waals surface area contributed by atoms with Crippen molar-refractivity contribution in [3.63, 3.8) is 0 Å². The van der Waals surface area contributed by atoms with Crippen molar-refractivity contribution in [1.29, 1.82) is 0 Å². The third-order valence-corrected chi connectivity index (χ3v) is 6.57. The van der Waals surface area contributed by atoms with Gasteiger partial charge in [0.25, 0.3) is 0 Å². The number of rotatable bonds is 7. The molecule has 0 amide bonds. The summed E-state index contributed by atoms with van der Waals surface area (Å²) < 4.78 is 17.0. The van der Waals surface area contributed by atoms with Crippen LogP contribution in [0, 0.1) is 0 Å². The van der Waals surface area contributed by atoms with Crippen molar-refractivity contribution in [3.05, 3.63) is 102 Å². The number of ether oxygens (including phenoxy) is 3. The summed E-state index contributed by atoms with van der Waals surface area (Å²) in [5.74, 6) is 0.816. The highest BCUT2D eigenvalue weighted by Gasteiger charge is 2.31. The average Bonchev–Trinajstić information content (AvgIpc) is 2.88. The summed E-state index contributed by atoms with van der Waals surface area (Å²) in [6.45, 7) is 2.17. The van der Waals surface area contributed by atoms with Gasteiger partial charge < -0.3 is 19.3 Å². The van der Waals surface area contributed by atoms with E-state index < -0.39 is 5.60 Å². The fourth-order valence-corrected chi connectivity index (χ4v) is 4.72. The molecular formula is C30H30O4. The Kier molecular flexibility index (Phi) is 6.63. The maximum Gasteiger partial charge on any atom is 0.120 e. The number of hydrogen-bond acceptors (Lipinski definition) is 4. The van der Waals surface area contributed by atoms with Gasteiger partial charge in [-0.2, -0.15) is 0 Å². The van der Waals surface area contributed by atoms with Gasteiger partial charge in [-0.05, 0) is 68.9 Å². The smallest absolute Gasteiger partial charge is 0.120 e. The van der Waals surface area contributed by atoms with Crippen LogP contribution in [-0.4, -0.2) is 25.4 Å². The predicted molar refractivity (Wildman–Crippen MR) is 135 cm³/mol. The second-order valence-corrected chi connectivity index (χ2v) is 8.96. The molecule has 0 spiro atoms. The maximum atomic E-state index is 11.0. The summed E-state index contributed by atoms with van der Waals surface area (Å²) in [7, 11) is 1.72. The van der Waals surface area contributed by atoms with Gasteiger partial charge in [0.05, 0.1) is 12.2 Å². The van der Waals surface area contributed by atoms with Crippen molar-refractivity contribution in [2.75, 3.05) is 20.3 Å². The molecule has 1 aliphatic heterocycles. The zero-order chi connectivity index (χ0) is 23.4. The molecule has 1 fully saturated rings. The Balaban J connectivity index is 1.40. The van der Waals surface area contributed by atoms with E-state index in [0.29, 0.717) is 39.3 Å². The standard InChI is InChI=1S/C30H30O4/c1-32-20-23-16-25-19-27(10-11-28(25)29(18-23)24-7-3-2-4-8-24)34-21-22-6-5-9-26(17-22)30(31)12-14-33-15-13-30/h2-11,16-19,31H,12-15,20-21H2,1H3. The Bertz CT molecular complexity index is 1260. The topological polar surface area (TPSA) is 47.9 Å². The van der Waals surface area contributed by atoms with E-state index in [-0.39, 0.29) is 0 Å². The van der Waals surface area contributed by atoms with E-state index in [1.807, 2.05) is 30.3 Å². The molecule has 1 N–H and O–H groups in total. The first kappa shape index (κ1) is 22.6. The van der Waals surface area contributed by atoms with Crippen LogP contribution in [0.5, 0.6) is 5.75 Å². The van der Waals surface area contributed by atoms with E-state index in [4.69, 9.17) is 14.2 Å². The van der Waals surface area contributed by atoms with Crippen LogP contribution < -0.4 is 4.74 Å². The van der Waals surface area contributed by atoms with Crippen LogP contribution in [0.2, 0.25) is 0 Å². The molecule has 1 heterocycles. The van der Waals surface area contributed by atoms with Crippen LogP contribution in [0.1, 0.15) is 29.5 Å². The fraction of sp³-hybridized carbons (Fsp3) is 0.267. The molecule has 4 heteroatoms. The summed E-state index contributed by atoms with van der Waals surface area (Å²) >= 11 is 0. The SMILES string of the molecule is COCc1cc(-c2ccccc2)c2ccc(OCc3cccc(C4(O)CCOCC4)c3)cc2c1. The van der Waals surface area contributed by atoms with E-state index in [0.717, 1.165) is 27.8 Å². The molecule has 0 saturated carbocycles. The fourth-order valence-electron chi connectivity index (χ4n) is 4.72. The van der Waals surface area contributed by atoms with Crippen molar-refractivity contribution < 1.29 is 19.3 Å². The average molecular weight is 455 g/mol. The zero-order valence-corrected chi connectivity index (χ0v) is 19.5. The molecule has 34 heavy (non-hydrogen) atoms. The van der Waals surface area contributed by atoms with Gasteiger partial charge in [-0.1, -0.05) is 54.6 Å². The quantitative estimate of drug-likeness (QED) is 0.360. The van der Waals surface area contributed by atoms with E-state index in [2.05, 4.69) is 54.6 Å². The van der Waals surface area contributed by atoms with Gasteiger partial charge in [0.1, 0.15) is 12.4 Å². The first-order chi connectivity index (χ1) is 16.6. The van der Waals surface area contributed by atoms with Crippen molar-refractivity contribution >= 4 is 10.8 Å².